The number of azo groups is 1. The van der Waals surface area contributed by atoms with E-state index in [1.165, 1.54) is 25.1 Å². The van der Waals surface area contributed by atoms with Gasteiger partial charge in [0.25, 0.3) is 16.0 Å². The Labute approximate surface area is 256 Å². The van der Waals surface area contributed by atoms with Crippen LogP contribution in [0.25, 0.3) is 10.8 Å². The minimum absolute atomic E-state index is 0. The molecule has 0 saturated heterocycles. The number of nitrogens with one attached hydrogen (secondary N) is 1. The fourth-order valence-electron chi connectivity index (χ4n) is 3.73. The summed E-state index contributed by atoms with van der Waals surface area (Å²) in [7, 11) is -4.49. The molecule has 1 amide bonds. The molecule has 9 nitrogen and oxygen atoms in total. The second kappa shape index (κ2) is 12.6. The molecule has 4 aromatic rings. The molecule has 0 bridgehead atoms. The number of hydrogen-bond acceptors (Lipinski definition) is 7. The third-order valence-electron chi connectivity index (χ3n) is 5.49. The van der Waals surface area contributed by atoms with Gasteiger partial charge in [-0.15, -0.1) is 5.11 Å². The summed E-state index contributed by atoms with van der Waals surface area (Å²) in [6.45, 7) is 3.69. The SMILES string of the molecule is CCOc1ccc(NC(=O)c2cc3ccccc3c(N=Nc3cc(C)c(S(=O)(=O)O)cc3Cl)c2[O-])cc1Cl.[Na+]. The van der Waals surface area contributed by atoms with Crippen LogP contribution in [0.4, 0.5) is 17.1 Å². The molecule has 0 unspecified atom stereocenters. The van der Waals surface area contributed by atoms with Gasteiger partial charge in [-0.05, 0) is 61.2 Å². The minimum atomic E-state index is -4.49. The number of fused-ring (bicyclic) bond motifs is 1. The van der Waals surface area contributed by atoms with Gasteiger partial charge in [-0.3, -0.25) is 9.35 Å². The molecule has 13 heteroatoms. The molecule has 0 saturated carbocycles. The van der Waals surface area contributed by atoms with Crippen molar-refractivity contribution in [1.29, 1.82) is 0 Å². The molecule has 4 rings (SSSR count). The summed E-state index contributed by atoms with van der Waals surface area (Å²) >= 11 is 12.4. The van der Waals surface area contributed by atoms with Gasteiger partial charge in [-0.25, -0.2) is 0 Å². The zero-order chi connectivity index (χ0) is 27.6. The predicted octanol–water partition coefficient (Wildman–Crippen LogP) is 3.85. The molecule has 0 fully saturated rings. The van der Waals surface area contributed by atoms with E-state index in [1.807, 2.05) is 6.92 Å². The fraction of sp³-hybridized carbons (Fsp3) is 0.115. The number of benzene rings is 4. The monoisotopic (exact) mass is 595 g/mol. The van der Waals surface area contributed by atoms with E-state index in [-0.39, 0.29) is 62.0 Å². The molecule has 0 heterocycles. The number of hydrogen-bond donors (Lipinski definition) is 2. The molecule has 39 heavy (non-hydrogen) atoms. The van der Waals surface area contributed by atoms with Crippen molar-refractivity contribution in [2.45, 2.75) is 18.7 Å². The summed E-state index contributed by atoms with van der Waals surface area (Å²) in [6, 6.07) is 15.4. The maximum absolute atomic E-state index is 13.4. The first kappa shape index (κ1) is 30.8. The predicted molar refractivity (Wildman–Crippen MR) is 144 cm³/mol. The maximum Gasteiger partial charge on any atom is 1.00 e. The molecule has 2 N–H and O–H groups in total. The van der Waals surface area contributed by atoms with Gasteiger partial charge >= 0.3 is 29.6 Å². The van der Waals surface area contributed by atoms with Crippen LogP contribution in [-0.2, 0) is 10.1 Å². The molecule has 0 radical (unpaired) electrons. The number of carbonyl (C=O) groups is 1. The largest absolute Gasteiger partial charge is 1.00 e. The molecule has 0 aliphatic rings. The topological polar surface area (TPSA) is 140 Å². The van der Waals surface area contributed by atoms with Crippen LogP contribution in [0.15, 0.2) is 75.8 Å². The number of aryl methyl sites for hydroxylation is 1. The number of halogens is 2. The van der Waals surface area contributed by atoms with Crippen LogP contribution >= 0.6 is 23.2 Å². The van der Waals surface area contributed by atoms with Crippen LogP contribution in [0, 0.1) is 6.92 Å². The maximum atomic E-state index is 13.4. The Morgan fingerprint density at radius 3 is 2.44 bits per heavy atom. The summed E-state index contributed by atoms with van der Waals surface area (Å²) in [6.07, 6.45) is 0. The van der Waals surface area contributed by atoms with Gasteiger partial charge in [-0.1, -0.05) is 53.2 Å². The third kappa shape index (κ3) is 6.90. The van der Waals surface area contributed by atoms with Crippen LogP contribution < -0.4 is 44.7 Å². The van der Waals surface area contributed by atoms with Gasteiger partial charge in [0.05, 0.1) is 27.2 Å². The second-order valence-corrected chi connectivity index (χ2v) is 10.3. The standard InChI is InChI=1S/C26H21Cl2N3O6S.Na/c1-3-37-22-9-8-16(12-20(22)28)29-26(33)18-11-15-6-4-5-7-17(15)24(25(18)32)31-30-21-10-14(2)23(13-19(21)27)38(34,35)36;/h4-13,32H,3H2,1-2H3,(H,29,33)(H,34,35,36);/q;+1/p-1. The summed E-state index contributed by atoms with van der Waals surface area (Å²) < 4.78 is 37.8. The number of carbonyl (C=O) groups excluding carboxylic acids is 1. The van der Waals surface area contributed by atoms with E-state index < -0.39 is 21.8 Å². The Kier molecular flexibility index (Phi) is 10.0. The fourth-order valence-corrected chi connectivity index (χ4v) is 4.97. The van der Waals surface area contributed by atoms with Gasteiger partial charge in [0.15, 0.2) is 0 Å². The average Bonchev–Trinajstić information content (AvgIpc) is 2.85. The van der Waals surface area contributed by atoms with Gasteiger partial charge < -0.3 is 15.2 Å². The molecular formula is C26H20Cl2N3NaO6S. The number of amides is 1. The number of anilines is 1. The molecule has 0 spiro atoms. The van der Waals surface area contributed by atoms with E-state index >= 15 is 0 Å². The van der Waals surface area contributed by atoms with Gasteiger partial charge in [0.1, 0.15) is 11.4 Å². The van der Waals surface area contributed by atoms with Crippen LogP contribution in [-0.4, -0.2) is 25.5 Å². The zero-order valence-electron chi connectivity index (χ0n) is 21.0. The first-order valence-electron chi connectivity index (χ1n) is 11.2. The molecule has 0 atom stereocenters. The van der Waals surface area contributed by atoms with E-state index in [4.69, 9.17) is 27.9 Å². The summed E-state index contributed by atoms with van der Waals surface area (Å²) in [5.74, 6) is -0.892. The molecule has 0 aromatic heterocycles. The Hall–Kier alpha value is -2.70. The quantitative estimate of drug-likeness (QED) is 0.189. The van der Waals surface area contributed by atoms with Crippen LogP contribution in [0.1, 0.15) is 22.8 Å². The smallest absolute Gasteiger partial charge is 0.870 e. The Morgan fingerprint density at radius 2 is 1.77 bits per heavy atom. The molecule has 0 aliphatic heterocycles. The summed E-state index contributed by atoms with van der Waals surface area (Å²) in [5.41, 5.74) is 0.330. The number of ether oxygens (including phenoxy) is 1. The van der Waals surface area contributed by atoms with Crippen molar-refractivity contribution >= 4 is 67.1 Å². The van der Waals surface area contributed by atoms with Crippen LogP contribution in [0.5, 0.6) is 11.5 Å². The van der Waals surface area contributed by atoms with Crippen molar-refractivity contribution in [2.24, 2.45) is 10.2 Å². The van der Waals surface area contributed by atoms with Crippen LogP contribution in [0.3, 0.4) is 0 Å². The van der Waals surface area contributed by atoms with Crippen molar-refractivity contribution in [1.82, 2.24) is 0 Å². The Morgan fingerprint density at radius 1 is 1.05 bits per heavy atom. The third-order valence-corrected chi connectivity index (χ3v) is 7.08. The van der Waals surface area contributed by atoms with E-state index in [0.717, 1.165) is 6.07 Å². The Balaban J connectivity index is 0.00000420. The minimum Gasteiger partial charge on any atom is -0.870 e. The van der Waals surface area contributed by atoms with Gasteiger partial charge in [-0.2, -0.15) is 13.5 Å². The van der Waals surface area contributed by atoms with Gasteiger partial charge in [0.2, 0.25) is 0 Å². The molecule has 196 valence electrons. The van der Waals surface area contributed by atoms with E-state index in [2.05, 4.69) is 15.5 Å². The first-order valence-corrected chi connectivity index (χ1v) is 13.3. The van der Waals surface area contributed by atoms with E-state index in [9.17, 15) is 22.9 Å². The summed E-state index contributed by atoms with van der Waals surface area (Å²) in [4.78, 5) is 12.7. The average molecular weight is 596 g/mol. The van der Waals surface area contributed by atoms with Gasteiger partial charge in [0, 0.05) is 16.6 Å². The Bertz CT molecular complexity index is 1710. The van der Waals surface area contributed by atoms with Crippen LogP contribution in [0.2, 0.25) is 10.0 Å². The number of rotatable bonds is 7. The van der Waals surface area contributed by atoms with Crippen molar-refractivity contribution < 1.29 is 57.2 Å². The zero-order valence-corrected chi connectivity index (χ0v) is 25.4. The molecule has 0 aliphatic carbocycles. The molecule has 4 aromatic carbocycles. The van der Waals surface area contributed by atoms with E-state index in [1.54, 1.807) is 36.4 Å². The summed E-state index contributed by atoms with van der Waals surface area (Å²) in [5, 5.41) is 25.4. The number of nitrogens with zero attached hydrogens (tertiary/aromatic N) is 2. The van der Waals surface area contributed by atoms with Crippen molar-refractivity contribution in [2.75, 3.05) is 11.9 Å². The van der Waals surface area contributed by atoms with Crippen molar-refractivity contribution in [3.63, 3.8) is 0 Å². The molecular weight excluding hydrogens is 576 g/mol. The normalized spacial score (nSPS) is 11.4. The van der Waals surface area contributed by atoms with E-state index in [0.29, 0.717) is 33.8 Å². The van der Waals surface area contributed by atoms with Crippen molar-refractivity contribution in [3.8, 4) is 11.5 Å². The second-order valence-electron chi connectivity index (χ2n) is 8.10. The van der Waals surface area contributed by atoms with Crippen molar-refractivity contribution in [3.05, 3.63) is 81.8 Å². The first-order chi connectivity index (χ1) is 18.0.